The Labute approximate surface area is 115 Å². The van der Waals surface area contributed by atoms with Crippen LogP contribution in [0.5, 0.6) is 0 Å². The van der Waals surface area contributed by atoms with E-state index in [0.29, 0.717) is 6.54 Å². The van der Waals surface area contributed by atoms with Crippen LogP contribution in [0.3, 0.4) is 0 Å². The van der Waals surface area contributed by atoms with Crippen LogP contribution in [-0.2, 0) is 16.2 Å². The third-order valence-electron chi connectivity index (χ3n) is 3.14. The number of sulfonamides is 1. The molecule has 0 aliphatic carbocycles. The number of alkyl halides is 3. The minimum Gasteiger partial charge on any atom is -0.312 e. The fourth-order valence-corrected chi connectivity index (χ4v) is 3.92. The maximum Gasteiger partial charge on any atom is 0.417 e. The van der Waals surface area contributed by atoms with Crippen molar-refractivity contribution in [3.8, 4) is 0 Å². The predicted molar refractivity (Wildman–Crippen MR) is 67.7 cm³/mol. The first-order valence-electron chi connectivity index (χ1n) is 6.12. The van der Waals surface area contributed by atoms with Gasteiger partial charge in [-0.2, -0.15) is 17.5 Å². The van der Waals surface area contributed by atoms with Crippen LogP contribution in [0.25, 0.3) is 0 Å². The monoisotopic (exact) mass is 308 g/mol. The largest absolute Gasteiger partial charge is 0.417 e. The normalized spacial score (nSPS) is 21.9. The highest BCUT2D eigenvalue weighted by Gasteiger charge is 2.39. The van der Waals surface area contributed by atoms with Gasteiger partial charge >= 0.3 is 6.18 Å². The number of halogens is 3. The topological polar surface area (TPSA) is 49.4 Å². The molecule has 1 heterocycles. The fourth-order valence-electron chi connectivity index (χ4n) is 2.18. The van der Waals surface area contributed by atoms with Gasteiger partial charge in [-0.15, -0.1) is 0 Å². The van der Waals surface area contributed by atoms with Crippen LogP contribution < -0.4 is 5.32 Å². The van der Waals surface area contributed by atoms with Gasteiger partial charge in [0.15, 0.2) is 0 Å². The summed E-state index contributed by atoms with van der Waals surface area (Å²) in [5.41, 5.74) is -1.12. The minimum atomic E-state index is -4.69. The summed E-state index contributed by atoms with van der Waals surface area (Å²) in [5.74, 6) is 0. The molecule has 0 spiro atoms. The number of nitrogens with zero attached hydrogens (tertiary/aromatic N) is 1. The van der Waals surface area contributed by atoms with Crippen molar-refractivity contribution >= 4 is 10.0 Å². The Morgan fingerprint density at radius 1 is 1.30 bits per heavy atom. The summed E-state index contributed by atoms with van der Waals surface area (Å²) in [5, 5.41) is 3.05. The number of nitrogens with one attached hydrogen (secondary N) is 1. The third kappa shape index (κ3) is 2.97. The van der Waals surface area contributed by atoms with Crippen molar-refractivity contribution in [2.75, 3.05) is 19.6 Å². The van der Waals surface area contributed by atoms with E-state index in [1.807, 2.05) is 0 Å². The number of piperazine rings is 1. The van der Waals surface area contributed by atoms with Crippen LogP contribution in [0.2, 0.25) is 0 Å². The van der Waals surface area contributed by atoms with Crippen molar-refractivity contribution in [1.29, 1.82) is 0 Å². The van der Waals surface area contributed by atoms with E-state index >= 15 is 0 Å². The molecule has 0 amide bonds. The quantitative estimate of drug-likeness (QED) is 0.904. The van der Waals surface area contributed by atoms with Crippen LogP contribution in [0, 0.1) is 0 Å². The summed E-state index contributed by atoms with van der Waals surface area (Å²) in [6, 6.07) is 4.19. The van der Waals surface area contributed by atoms with Gasteiger partial charge in [0.1, 0.15) is 0 Å². The molecule has 0 aromatic heterocycles. The van der Waals surface area contributed by atoms with Crippen molar-refractivity contribution < 1.29 is 21.6 Å². The van der Waals surface area contributed by atoms with E-state index in [1.54, 1.807) is 6.92 Å². The Balaban J connectivity index is 2.45. The van der Waals surface area contributed by atoms with Crippen molar-refractivity contribution in [1.82, 2.24) is 9.62 Å². The molecule has 20 heavy (non-hydrogen) atoms. The van der Waals surface area contributed by atoms with Crippen LogP contribution in [0.1, 0.15) is 12.5 Å². The Bertz CT molecular complexity index is 587. The summed E-state index contributed by atoms with van der Waals surface area (Å²) >= 11 is 0. The Morgan fingerprint density at radius 2 is 1.95 bits per heavy atom. The van der Waals surface area contributed by atoms with E-state index in [-0.39, 0.29) is 19.1 Å². The van der Waals surface area contributed by atoms with Gasteiger partial charge in [-0.1, -0.05) is 12.1 Å². The number of hydrogen-bond donors (Lipinski definition) is 1. The summed E-state index contributed by atoms with van der Waals surface area (Å²) in [6.45, 7) is 2.54. The van der Waals surface area contributed by atoms with E-state index in [4.69, 9.17) is 0 Å². The maximum absolute atomic E-state index is 12.9. The molecule has 1 aliphatic rings. The lowest BCUT2D eigenvalue weighted by atomic mass is 10.2. The molecule has 112 valence electrons. The molecule has 1 aliphatic heterocycles. The van der Waals surface area contributed by atoms with Crippen molar-refractivity contribution in [3.05, 3.63) is 29.8 Å². The highest BCUT2D eigenvalue weighted by molar-refractivity contribution is 7.89. The first-order chi connectivity index (χ1) is 9.23. The molecule has 1 aromatic carbocycles. The molecular formula is C12H15F3N2O2S. The maximum atomic E-state index is 12.9. The van der Waals surface area contributed by atoms with Gasteiger partial charge in [-0.25, -0.2) is 8.42 Å². The van der Waals surface area contributed by atoms with E-state index in [0.717, 1.165) is 16.4 Å². The van der Waals surface area contributed by atoms with Crippen LogP contribution >= 0.6 is 0 Å². The lowest BCUT2D eigenvalue weighted by Crippen LogP contribution is -2.51. The van der Waals surface area contributed by atoms with Gasteiger partial charge in [0.05, 0.1) is 10.5 Å². The molecule has 0 radical (unpaired) electrons. The standard InChI is InChI=1S/C12H15F3N2O2S/c1-9-8-17(7-6-16-9)20(18,19)11-5-3-2-4-10(11)12(13,14)15/h2-5,9,16H,6-8H2,1H3/t9-/m0/s1. The van der Waals surface area contributed by atoms with Crippen molar-refractivity contribution in [2.45, 2.75) is 24.0 Å². The molecule has 0 saturated carbocycles. The van der Waals surface area contributed by atoms with Crippen molar-refractivity contribution in [2.24, 2.45) is 0 Å². The molecule has 4 nitrogen and oxygen atoms in total. The summed E-state index contributed by atoms with van der Waals surface area (Å²) in [6.07, 6.45) is -4.69. The molecule has 0 bridgehead atoms. The minimum absolute atomic E-state index is 0.0865. The van der Waals surface area contributed by atoms with Crippen molar-refractivity contribution in [3.63, 3.8) is 0 Å². The Morgan fingerprint density at radius 3 is 2.55 bits per heavy atom. The summed E-state index contributed by atoms with van der Waals surface area (Å²) in [7, 11) is -4.14. The zero-order chi connectivity index (χ0) is 15.0. The molecule has 1 saturated heterocycles. The lowest BCUT2D eigenvalue weighted by molar-refractivity contribution is -0.139. The summed E-state index contributed by atoms with van der Waals surface area (Å²) < 4.78 is 64.7. The molecule has 1 aromatic rings. The van der Waals surface area contributed by atoms with Gasteiger partial charge in [-0.05, 0) is 19.1 Å². The first kappa shape index (κ1) is 15.3. The van der Waals surface area contributed by atoms with E-state index in [9.17, 15) is 21.6 Å². The second-order valence-corrected chi connectivity index (χ2v) is 6.62. The Hall–Kier alpha value is -1.12. The highest BCUT2D eigenvalue weighted by Crippen LogP contribution is 2.35. The van der Waals surface area contributed by atoms with E-state index in [1.165, 1.54) is 12.1 Å². The smallest absolute Gasteiger partial charge is 0.312 e. The fraction of sp³-hybridized carbons (Fsp3) is 0.500. The second kappa shape index (κ2) is 5.34. The molecule has 1 fully saturated rings. The van der Waals surface area contributed by atoms with Gasteiger partial charge in [-0.3, -0.25) is 0 Å². The zero-order valence-electron chi connectivity index (χ0n) is 10.8. The lowest BCUT2D eigenvalue weighted by Gasteiger charge is -2.31. The first-order valence-corrected chi connectivity index (χ1v) is 7.56. The average Bonchev–Trinajstić information content (AvgIpc) is 2.38. The van der Waals surface area contributed by atoms with Crippen LogP contribution in [0.4, 0.5) is 13.2 Å². The average molecular weight is 308 g/mol. The van der Waals surface area contributed by atoms with Gasteiger partial charge in [0.2, 0.25) is 10.0 Å². The second-order valence-electron chi connectivity index (χ2n) is 4.71. The molecule has 2 rings (SSSR count). The molecule has 8 heteroatoms. The predicted octanol–water partition coefficient (Wildman–Crippen LogP) is 1.69. The zero-order valence-corrected chi connectivity index (χ0v) is 11.6. The number of benzene rings is 1. The van der Waals surface area contributed by atoms with Crippen LogP contribution in [-0.4, -0.2) is 38.4 Å². The van der Waals surface area contributed by atoms with E-state index < -0.39 is 26.7 Å². The van der Waals surface area contributed by atoms with Gasteiger partial charge in [0, 0.05) is 25.7 Å². The number of hydrogen-bond acceptors (Lipinski definition) is 3. The molecule has 1 N–H and O–H groups in total. The van der Waals surface area contributed by atoms with Crippen LogP contribution in [0.15, 0.2) is 29.2 Å². The third-order valence-corrected chi connectivity index (χ3v) is 5.07. The van der Waals surface area contributed by atoms with E-state index in [2.05, 4.69) is 5.32 Å². The SMILES string of the molecule is C[C@H]1CN(S(=O)(=O)c2ccccc2C(F)(F)F)CCN1. The highest BCUT2D eigenvalue weighted by atomic mass is 32.2. The van der Waals surface area contributed by atoms with Gasteiger partial charge in [0.25, 0.3) is 0 Å². The van der Waals surface area contributed by atoms with Gasteiger partial charge < -0.3 is 5.32 Å². The number of rotatable bonds is 2. The molecule has 0 unspecified atom stereocenters. The molecule has 1 atom stereocenters. The molecular weight excluding hydrogens is 293 g/mol. The Kier molecular flexibility index (Phi) is 4.08. The summed E-state index contributed by atoms with van der Waals surface area (Å²) in [4.78, 5) is -0.679.